The monoisotopic (exact) mass is 275 g/mol. The highest BCUT2D eigenvalue weighted by Gasteiger charge is 2.31. The number of hydrogen-bond acceptors (Lipinski definition) is 2. The van der Waals surface area contributed by atoms with Gasteiger partial charge in [-0.15, -0.1) is 0 Å². The largest absolute Gasteiger partial charge is 0.492 e. The van der Waals surface area contributed by atoms with Crippen molar-refractivity contribution in [2.45, 2.75) is 32.9 Å². The van der Waals surface area contributed by atoms with Gasteiger partial charge < -0.3 is 10.1 Å². The average molecular weight is 275 g/mol. The Bertz CT molecular complexity index is 444. The van der Waals surface area contributed by atoms with Crippen LogP contribution < -0.4 is 10.1 Å². The molecule has 1 aromatic rings. The van der Waals surface area contributed by atoms with Crippen molar-refractivity contribution in [1.82, 2.24) is 0 Å². The fourth-order valence-corrected chi connectivity index (χ4v) is 1.53. The Morgan fingerprint density at radius 3 is 2.53 bits per heavy atom. The lowest BCUT2D eigenvalue weighted by Crippen LogP contribution is -2.13. The molecule has 0 fully saturated rings. The molecule has 0 heterocycles. The van der Waals surface area contributed by atoms with Gasteiger partial charge in [0.25, 0.3) is 0 Å². The Hall–Kier alpha value is -1.72. The molecule has 0 bridgehead atoms. The predicted molar refractivity (Wildman–Crippen MR) is 66.2 cm³/mol. The molecule has 1 rings (SSSR count). The van der Waals surface area contributed by atoms with E-state index < -0.39 is 11.7 Å². The minimum absolute atomic E-state index is 0.0510. The van der Waals surface area contributed by atoms with Gasteiger partial charge in [-0.2, -0.15) is 13.2 Å². The second-order valence-corrected chi connectivity index (χ2v) is 3.94. The van der Waals surface area contributed by atoms with Gasteiger partial charge in [0.15, 0.2) is 0 Å². The van der Waals surface area contributed by atoms with Gasteiger partial charge in [0, 0.05) is 6.42 Å². The van der Waals surface area contributed by atoms with E-state index in [-0.39, 0.29) is 23.8 Å². The van der Waals surface area contributed by atoms with Crippen molar-refractivity contribution < 1.29 is 22.7 Å². The summed E-state index contributed by atoms with van der Waals surface area (Å²) < 4.78 is 43.1. The van der Waals surface area contributed by atoms with Gasteiger partial charge >= 0.3 is 6.18 Å². The van der Waals surface area contributed by atoms with Gasteiger partial charge in [-0.25, -0.2) is 0 Å². The number of carbonyl (C=O) groups is 1. The number of carbonyl (C=O) groups excluding carboxylic acids is 1. The Balaban J connectivity index is 3.05. The molecule has 0 radical (unpaired) electrons. The summed E-state index contributed by atoms with van der Waals surface area (Å²) in [4.78, 5) is 11.5. The van der Waals surface area contributed by atoms with Crippen LogP contribution in [0.3, 0.4) is 0 Å². The zero-order valence-electron chi connectivity index (χ0n) is 10.8. The smallest absolute Gasteiger partial charge is 0.416 e. The lowest BCUT2D eigenvalue weighted by molar-refractivity contribution is -0.137. The van der Waals surface area contributed by atoms with E-state index in [1.165, 1.54) is 6.07 Å². The number of amides is 1. The third-order valence-corrected chi connectivity index (χ3v) is 2.36. The molecular weight excluding hydrogens is 259 g/mol. The van der Waals surface area contributed by atoms with E-state index >= 15 is 0 Å². The summed E-state index contributed by atoms with van der Waals surface area (Å²) in [6.07, 6.45) is -3.58. The van der Waals surface area contributed by atoms with E-state index in [0.717, 1.165) is 12.1 Å². The van der Waals surface area contributed by atoms with E-state index in [0.29, 0.717) is 13.0 Å². The standard InChI is InChI=1S/C13H16F3NO2/c1-3-5-12(18)17-10-8-9(13(14,15)16)6-7-11(10)19-4-2/h6-8H,3-5H2,1-2H3,(H,17,18). The molecule has 0 spiro atoms. The molecule has 0 saturated carbocycles. The maximum absolute atomic E-state index is 12.6. The van der Waals surface area contributed by atoms with Gasteiger partial charge in [0.05, 0.1) is 17.9 Å². The molecule has 1 N–H and O–H groups in total. The summed E-state index contributed by atoms with van der Waals surface area (Å²) in [6, 6.07) is 3.03. The molecule has 0 unspecified atom stereocenters. The van der Waals surface area contributed by atoms with Crippen molar-refractivity contribution in [2.24, 2.45) is 0 Å². The number of ether oxygens (including phenoxy) is 1. The number of anilines is 1. The lowest BCUT2D eigenvalue weighted by Gasteiger charge is -2.14. The van der Waals surface area contributed by atoms with Crippen molar-refractivity contribution in [3.05, 3.63) is 23.8 Å². The Morgan fingerprint density at radius 2 is 2.00 bits per heavy atom. The van der Waals surface area contributed by atoms with E-state index in [1.54, 1.807) is 6.92 Å². The molecule has 0 saturated heterocycles. The highest BCUT2D eigenvalue weighted by molar-refractivity contribution is 5.92. The van der Waals surface area contributed by atoms with Crippen LogP contribution in [0.15, 0.2) is 18.2 Å². The first-order valence-corrected chi connectivity index (χ1v) is 6.02. The van der Waals surface area contributed by atoms with E-state index in [2.05, 4.69) is 5.32 Å². The first-order valence-electron chi connectivity index (χ1n) is 6.02. The highest BCUT2D eigenvalue weighted by atomic mass is 19.4. The summed E-state index contributed by atoms with van der Waals surface area (Å²) in [6.45, 7) is 3.84. The fourth-order valence-electron chi connectivity index (χ4n) is 1.53. The minimum atomic E-state index is -4.45. The van der Waals surface area contributed by atoms with Crippen molar-refractivity contribution in [2.75, 3.05) is 11.9 Å². The first-order chi connectivity index (χ1) is 8.88. The normalized spacial score (nSPS) is 11.2. The topological polar surface area (TPSA) is 38.3 Å². The maximum atomic E-state index is 12.6. The molecular formula is C13H16F3NO2. The molecule has 6 heteroatoms. The Kier molecular flexibility index (Phi) is 5.20. The van der Waals surface area contributed by atoms with E-state index in [1.807, 2.05) is 6.92 Å². The summed E-state index contributed by atoms with van der Waals surface area (Å²) >= 11 is 0. The van der Waals surface area contributed by atoms with Crippen LogP contribution >= 0.6 is 0 Å². The van der Waals surface area contributed by atoms with Gasteiger partial charge in [-0.3, -0.25) is 4.79 Å². The second kappa shape index (κ2) is 6.45. The van der Waals surface area contributed by atoms with Crippen molar-refractivity contribution in [1.29, 1.82) is 0 Å². The van der Waals surface area contributed by atoms with Crippen LogP contribution in [0.1, 0.15) is 32.3 Å². The second-order valence-electron chi connectivity index (χ2n) is 3.94. The molecule has 0 aliphatic carbocycles. The van der Waals surface area contributed by atoms with Crippen molar-refractivity contribution >= 4 is 11.6 Å². The molecule has 0 atom stereocenters. The number of rotatable bonds is 5. The van der Waals surface area contributed by atoms with Gasteiger partial charge in [-0.1, -0.05) is 6.92 Å². The Labute approximate surface area is 109 Å². The van der Waals surface area contributed by atoms with Crippen LogP contribution in [0.5, 0.6) is 5.75 Å². The van der Waals surface area contributed by atoms with E-state index in [4.69, 9.17) is 4.74 Å². The minimum Gasteiger partial charge on any atom is -0.492 e. The van der Waals surface area contributed by atoms with Gasteiger partial charge in [-0.05, 0) is 31.5 Å². The predicted octanol–water partition coefficient (Wildman–Crippen LogP) is 3.84. The van der Waals surface area contributed by atoms with Gasteiger partial charge in [0.2, 0.25) is 5.91 Å². The Morgan fingerprint density at radius 1 is 1.32 bits per heavy atom. The summed E-state index contributed by atoms with van der Waals surface area (Å²) in [7, 11) is 0. The van der Waals surface area contributed by atoms with Gasteiger partial charge in [0.1, 0.15) is 5.75 Å². The van der Waals surface area contributed by atoms with Crippen LogP contribution in [0.4, 0.5) is 18.9 Å². The number of alkyl halides is 3. The molecule has 1 amide bonds. The molecule has 0 aromatic heterocycles. The summed E-state index contributed by atoms with van der Waals surface area (Å²) in [5.74, 6) is -0.0947. The highest BCUT2D eigenvalue weighted by Crippen LogP contribution is 2.35. The molecule has 3 nitrogen and oxygen atoms in total. The third-order valence-electron chi connectivity index (χ3n) is 2.36. The zero-order chi connectivity index (χ0) is 14.5. The van der Waals surface area contributed by atoms with Crippen LogP contribution in [-0.2, 0) is 11.0 Å². The quantitative estimate of drug-likeness (QED) is 0.886. The van der Waals surface area contributed by atoms with Crippen LogP contribution in [0.25, 0.3) is 0 Å². The average Bonchev–Trinajstić information content (AvgIpc) is 2.30. The van der Waals surface area contributed by atoms with E-state index in [9.17, 15) is 18.0 Å². The zero-order valence-corrected chi connectivity index (χ0v) is 10.8. The summed E-state index contributed by atoms with van der Waals surface area (Å²) in [5, 5.41) is 2.44. The fraction of sp³-hybridized carbons (Fsp3) is 0.462. The molecule has 0 aliphatic heterocycles. The number of nitrogens with one attached hydrogen (secondary N) is 1. The first kappa shape index (κ1) is 15.3. The van der Waals surface area contributed by atoms with Crippen molar-refractivity contribution in [3.8, 4) is 5.75 Å². The molecule has 1 aromatic carbocycles. The SMILES string of the molecule is CCCC(=O)Nc1cc(C(F)(F)F)ccc1OCC. The molecule has 106 valence electrons. The van der Waals surface area contributed by atoms with Crippen molar-refractivity contribution in [3.63, 3.8) is 0 Å². The number of halogens is 3. The lowest BCUT2D eigenvalue weighted by atomic mass is 10.1. The summed E-state index contributed by atoms with van der Waals surface area (Å²) in [5.41, 5.74) is -0.766. The third kappa shape index (κ3) is 4.46. The van der Waals surface area contributed by atoms with Crippen LogP contribution in [-0.4, -0.2) is 12.5 Å². The maximum Gasteiger partial charge on any atom is 0.416 e. The van der Waals surface area contributed by atoms with Crippen LogP contribution in [0, 0.1) is 0 Å². The number of hydrogen-bond donors (Lipinski definition) is 1. The van der Waals surface area contributed by atoms with Crippen LogP contribution in [0.2, 0.25) is 0 Å². The molecule has 0 aliphatic rings. The number of benzene rings is 1. The molecule has 19 heavy (non-hydrogen) atoms.